The van der Waals surface area contributed by atoms with E-state index in [4.69, 9.17) is 4.74 Å². The number of rotatable bonds is 4. The largest absolute Gasteiger partial charge is 0.464 e. The zero-order valence-electron chi connectivity index (χ0n) is 14.8. The first-order valence-corrected chi connectivity index (χ1v) is 8.03. The van der Waals surface area contributed by atoms with Gasteiger partial charge >= 0.3 is 6.18 Å². The van der Waals surface area contributed by atoms with Crippen LogP contribution in [-0.4, -0.2) is 19.7 Å². The highest BCUT2D eigenvalue weighted by Crippen LogP contribution is 2.36. The van der Waals surface area contributed by atoms with Crippen LogP contribution in [0.4, 0.5) is 17.6 Å². The molecule has 2 heterocycles. The first kappa shape index (κ1) is 18.8. The van der Waals surface area contributed by atoms with E-state index in [1.54, 1.807) is 13.8 Å². The molecule has 0 amide bonds. The van der Waals surface area contributed by atoms with Crippen LogP contribution < -0.4 is 4.74 Å². The number of aromatic nitrogens is 4. The van der Waals surface area contributed by atoms with Crippen molar-refractivity contribution >= 4 is 0 Å². The summed E-state index contributed by atoms with van der Waals surface area (Å²) in [4.78, 5) is 3.88. The highest BCUT2D eigenvalue weighted by Gasteiger charge is 2.35. The van der Waals surface area contributed by atoms with Gasteiger partial charge < -0.3 is 9.30 Å². The molecule has 27 heavy (non-hydrogen) atoms. The van der Waals surface area contributed by atoms with Crippen molar-refractivity contribution in [2.75, 3.05) is 0 Å². The Bertz CT molecular complexity index is 968. The van der Waals surface area contributed by atoms with Gasteiger partial charge in [0.05, 0.1) is 5.56 Å². The third-order valence-corrected chi connectivity index (χ3v) is 3.98. The van der Waals surface area contributed by atoms with E-state index < -0.39 is 23.7 Å². The fourth-order valence-corrected chi connectivity index (χ4v) is 2.68. The Morgan fingerprint density at radius 1 is 1.15 bits per heavy atom. The van der Waals surface area contributed by atoms with Gasteiger partial charge in [0.25, 0.3) is 5.88 Å². The predicted molar refractivity (Wildman–Crippen MR) is 89.4 cm³/mol. The van der Waals surface area contributed by atoms with Gasteiger partial charge in [-0.05, 0) is 31.5 Å². The summed E-state index contributed by atoms with van der Waals surface area (Å²) in [6.45, 7) is 3.28. The van der Waals surface area contributed by atoms with E-state index in [9.17, 15) is 17.6 Å². The molecule has 0 aliphatic carbocycles. The van der Waals surface area contributed by atoms with Crippen molar-refractivity contribution in [1.82, 2.24) is 19.7 Å². The van der Waals surface area contributed by atoms with Crippen molar-refractivity contribution in [1.29, 1.82) is 0 Å². The molecule has 0 aliphatic heterocycles. The smallest absolute Gasteiger partial charge is 0.417 e. The Labute approximate surface area is 152 Å². The van der Waals surface area contributed by atoms with Gasteiger partial charge in [-0.25, -0.2) is 9.37 Å². The fourth-order valence-electron chi connectivity index (χ4n) is 2.68. The summed E-state index contributed by atoms with van der Waals surface area (Å²) >= 11 is 0. The number of alkyl halides is 3. The lowest BCUT2D eigenvalue weighted by molar-refractivity contribution is -0.137. The lowest BCUT2D eigenvalue weighted by Crippen LogP contribution is -2.12. The Balaban J connectivity index is 1.94. The number of nitrogens with zero attached hydrogens (tertiary/aromatic N) is 4. The van der Waals surface area contributed by atoms with Crippen molar-refractivity contribution in [2.24, 2.45) is 7.05 Å². The number of benzene rings is 1. The van der Waals surface area contributed by atoms with Gasteiger partial charge in [0.2, 0.25) is 0 Å². The normalized spacial score (nSPS) is 12.9. The molecule has 0 spiro atoms. The third-order valence-electron chi connectivity index (χ3n) is 3.98. The van der Waals surface area contributed by atoms with E-state index in [-0.39, 0.29) is 23.1 Å². The van der Waals surface area contributed by atoms with E-state index in [2.05, 4.69) is 15.2 Å². The second kappa shape index (κ2) is 6.98. The van der Waals surface area contributed by atoms with E-state index in [0.29, 0.717) is 5.56 Å². The number of ether oxygens (including phenoxy) is 1. The first-order chi connectivity index (χ1) is 12.7. The van der Waals surface area contributed by atoms with Crippen LogP contribution in [0.1, 0.15) is 30.0 Å². The Kier molecular flexibility index (Phi) is 4.86. The third kappa shape index (κ3) is 3.76. The lowest BCUT2D eigenvalue weighted by Gasteiger charge is -2.15. The van der Waals surface area contributed by atoms with Crippen LogP contribution in [-0.2, 0) is 13.2 Å². The first-order valence-electron chi connectivity index (χ1n) is 8.03. The second-order valence-electron chi connectivity index (χ2n) is 6.04. The molecule has 0 unspecified atom stereocenters. The zero-order chi connectivity index (χ0) is 19.8. The average Bonchev–Trinajstić information content (AvgIpc) is 2.98. The van der Waals surface area contributed by atoms with Crippen LogP contribution in [0.2, 0.25) is 0 Å². The van der Waals surface area contributed by atoms with Crippen LogP contribution in [0.3, 0.4) is 0 Å². The molecule has 5 nitrogen and oxygen atoms in total. The maximum absolute atomic E-state index is 13.9. The fraction of sp³-hybridized carbons (Fsp3) is 0.278. The van der Waals surface area contributed by atoms with E-state index in [1.165, 1.54) is 42.1 Å². The van der Waals surface area contributed by atoms with E-state index in [0.717, 1.165) is 6.07 Å². The molecule has 0 bridgehead atoms. The molecule has 0 saturated carbocycles. The molecule has 0 N–H and O–H groups in total. The summed E-state index contributed by atoms with van der Waals surface area (Å²) in [5, 5.41) is 7.81. The average molecular weight is 380 g/mol. The quantitative estimate of drug-likeness (QED) is 0.626. The monoisotopic (exact) mass is 380 g/mol. The van der Waals surface area contributed by atoms with Crippen molar-refractivity contribution in [3.63, 3.8) is 0 Å². The minimum atomic E-state index is -4.53. The van der Waals surface area contributed by atoms with Crippen LogP contribution in [0.15, 0.2) is 36.5 Å². The van der Waals surface area contributed by atoms with E-state index >= 15 is 0 Å². The Morgan fingerprint density at radius 3 is 2.52 bits per heavy atom. The molecule has 0 saturated heterocycles. The van der Waals surface area contributed by atoms with Gasteiger partial charge in [-0.3, -0.25) is 0 Å². The lowest BCUT2D eigenvalue weighted by atomic mass is 10.1. The van der Waals surface area contributed by atoms with Gasteiger partial charge in [0.15, 0.2) is 23.6 Å². The van der Waals surface area contributed by atoms with E-state index in [1.807, 2.05) is 0 Å². The molecule has 9 heteroatoms. The van der Waals surface area contributed by atoms with Crippen molar-refractivity contribution < 1.29 is 22.3 Å². The van der Waals surface area contributed by atoms with Gasteiger partial charge in [0.1, 0.15) is 0 Å². The molecule has 1 atom stereocenters. The molecule has 142 valence electrons. The molecule has 1 aromatic carbocycles. The van der Waals surface area contributed by atoms with Gasteiger partial charge in [-0.15, -0.1) is 10.2 Å². The van der Waals surface area contributed by atoms with Crippen molar-refractivity contribution in [3.05, 3.63) is 59.3 Å². The summed E-state index contributed by atoms with van der Waals surface area (Å²) < 4.78 is 60.6. The number of hydrogen-bond acceptors (Lipinski definition) is 4. The predicted octanol–water partition coefficient (Wildman–Crippen LogP) is 4.48. The summed E-state index contributed by atoms with van der Waals surface area (Å²) in [5.74, 6) is -0.575. The van der Waals surface area contributed by atoms with Crippen LogP contribution >= 0.6 is 0 Å². The molecular weight excluding hydrogens is 364 g/mol. The van der Waals surface area contributed by atoms with Crippen LogP contribution in [0.5, 0.6) is 5.88 Å². The molecule has 3 rings (SSSR count). The SMILES string of the molecule is Cc1cnc(O[C@@H](C)c2nnc(-c3ccccc3C(F)(F)F)n2C)c(F)c1. The summed E-state index contributed by atoms with van der Waals surface area (Å²) in [5.41, 5.74) is -0.276. The summed E-state index contributed by atoms with van der Waals surface area (Å²) in [6.07, 6.45) is -3.86. The maximum Gasteiger partial charge on any atom is 0.417 e. The highest BCUT2D eigenvalue weighted by atomic mass is 19.4. The molecular formula is C18H16F4N4O. The van der Waals surface area contributed by atoms with Crippen LogP contribution in [0, 0.1) is 12.7 Å². The highest BCUT2D eigenvalue weighted by molar-refractivity contribution is 5.61. The molecule has 0 radical (unpaired) electrons. The minimum absolute atomic E-state index is 0.0331. The zero-order valence-corrected chi connectivity index (χ0v) is 14.8. The second-order valence-corrected chi connectivity index (χ2v) is 6.04. The molecule has 2 aromatic heterocycles. The minimum Gasteiger partial charge on any atom is -0.464 e. The molecule has 0 aliphatic rings. The maximum atomic E-state index is 13.9. The number of aryl methyl sites for hydroxylation is 1. The summed E-state index contributed by atoms with van der Waals surface area (Å²) in [7, 11) is 1.52. The number of halogens is 4. The topological polar surface area (TPSA) is 52.8 Å². The standard InChI is InChI=1S/C18H16F4N4O/c1-10-8-14(19)17(23-9-10)27-11(2)15-24-25-16(26(15)3)12-6-4-5-7-13(12)18(20,21)22/h4-9,11H,1-3H3/t11-/m0/s1. The van der Waals surface area contributed by atoms with Gasteiger partial charge in [-0.1, -0.05) is 18.2 Å². The summed E-state index contributed by atoms with van der Waals surface area (Å²) in [6, 6.07) is 6.38. The van der Waals surface area contributed by atoms with Gasteiger partial charge in [0, 0.05) is 18.8 Å². The Morgan fingerprint density at radius 2 is 1.85 bits per heavy atom. The van der Waals surface area contributed by atoms with Crippen LogP contribution in [0.25, 0.3) is 11.4 Å². The number of pyridine rings is 1. The van der Waals surface area contributed by atoms with Crippen molar-refractivity contribution in [3.8, 4) is 17.3 Å². The molecule has 3 aromatic rings. The van der Waals surface area contributed by atoms with Gasteiger partial charge in [-0.2, -0.15) is 13.2 Å². The van der Waals surface area contributed by atoms with Crippen molar-refractivity contribution in [2.45, 2.75) is 26.1 Å². The number of hydrogen-bond donors (Lipinski definition) is 0. The Hall–Kier alpha value is -2.97. The molecule has 0 fully saturated rings.